The van der Waals surface area contributed by atoms with Crippen LogP contribution in [0.25, 0.3) is 0 Å². The van der Waals surface area contributed by atoms with Gasteiger partial charge < -0.3 is 10.6 Å². The van der Waals surface area contributed by atoms with Crippen LogP contribution in [-0.4, -0.2) is 23.1 Å². The molecule has 1 heterocycles. The van der Waals surface area contributed by atoms with Crippen molar-refractivity contribution in [3.8, 4) is 0 Å². The Hall–Kier alpha value is -1.32. The van der Waals surface area contributed by atoms with Crippen molar-refractivity contribution in [3.63, 3.8) is 0 Å². The van der Waals surface area contributed by atoms with Gasteiger partial charge in [0.2, 0.25) is 0 Å². The van der Waals surface area contributed by atoms with Crippen LogP contribution in [0, 0.1) is 12.3 Å². The molecule has 1 aromatic heterocycles. The summed E-state index contributed by atoms with van der Waals surface area (Å²) in [6.45, 7) is 8.41. The van der Waals surface area contributed by atoms with Gasteiger partial charge in [0.15, 0.2) is 0 Å². The van der Waals surface area contributed by atoms with E-state index >= 15 is 0 Å². The molecule has 1 aromatic rings. The number of nitrogens with zero attached hydrogens (tertiary/aromatic N) is 2. The van der Waals surface area contributed by atoms with Crippen LogP contribution in [0.2, 0.25) is 0 Å². The number of hydrogen-bond donors (Lipinski definition) is 2. The molecule has 18 heavy (non-hydrogen) atoms. The molecule has 0 atom stereocenters. The second kappa shape index (κ2) is 5.55. The summed E-state index contributed by atoms with van der Waals surface area (Å²) < 4.78 is 0. The van der Waals surface area contributed by atoms with Crippen molar-refractivity contribution in [1.29, 1.82) is 0 Å². The monoisotopic (exact) mass is 248 g/mol. The molecule has 0 amide bonds. The number of anilines is 2. The fraction of sp³-hybridized carbons (Fsp3) is 0.714. The van der Waals surface area contributed by atoms with Crippen molar-refractivity contribution < 1.29 is 0 Å². The summed E-state index contributed by atoms with van der Waals surface area (Å²) in [6, 6.07) is 0. The van der Waals surface area contributed by atoms with Gasteiger partial charge in [0.05, 0.1) is 0 Å². The fourth-order valence-electron chi connectivity index (χ4n) is 2.68. The molecule has 0 saturated heterocycles. The average Bonchev–Trinajstić information content (AvgIpc) is 2.78. The van der Waals surface area contributed by atoms with Gasteiger partial charge in [0.1, 0.15) is 18.0 Å². The van der Waals surface area contributed by atoms with Crippen molar-refractivity contribution in [2.45, 2.75) is 46.5 Å². The van der Waals surface area contributed by atoms with Crippen molar-refractivity contribution in [2.75, 3.05) is 23.7 Å². The summed E-state index contributed by atoms with van der Waals surface area (Å²) in [4.78, 5) is 8.61. The van der Waals surface area contributed by atoms with Crippen molar-refractivity contribution in [1.82, 2.24) is 9.97 Å². The van der Waals surface area contributed by atoms with Crippen LogP contribution in [0.3, 0.4) is 0 Å². The normalized spacial score (nSPS) is 17.7. The van der Waals surface area contributed by atoms with Crippen LogP contribution < -0.4 is 10.6 Å². The molecule has 0 aromatic carbocycles. The molecule has 1 aliphatic carbocycles. The molecule has 1 fully saturated rings. The zero-order valence-corrected chi connectivity index (χ0v) is 11.7. The molecule has 0 spiro atoms. The van der Waals surface area contributed by atoms with E-state index < -0.39 is 0 Å². The lowest BCUT2D eigenvalue weighted by atomic mass is 9.89. The van der Waals surface area contributed by atoms with Crippen LogP contribution >= 0.6 is 0 Å². The Balaban J connectivity index is 2.02. The first-order chi connectivity index (χ1) is 8.64. The molecule has 1 aliphatic rings. The van der Waals surface area contributed by atoms with E-state index in [9.17, 15) is 0 Å². The van der Waals surface area contributed by atoms with Gasteiger partial charge >= 0.3 is 0 Å². The lowest BCUT2D eigenvalue weighted by Crippen LogP contribution is -2.24. The zero-order valence-electron chi connectivity index (χ0n) is 11.7. The lowest BCUT2D eigenvalue weighted by molar-refractivity contribution is 0.361. The molecule has 1 saturated carbocycles. The van der Waals surface area contributed by atoms with E-state index in [-0.39, 0.29) is 0 Å². The Bertz CT molecular complexity index is 397. The first kappa shape index (κ1) is 13.1. The van der Waals surface area contributed by atoms with Crippen LogP contribution in [0.5, 0.6) is 0 Å². The van der Waals surface area contributed by atoms with Crippen molar-refractivity contribution >= 4 is 11.6 Å². The molecule has 4 heteroatoms. The quantitative estimate of drug-likeness (QED) is 0.840. The highest BCUT2D eigenvalue weighted by molar-refractivity contribution is 5.56. The molecule has 0 radical (unpaired) electrons. The molecular formula is C14H24N4. The minimum absolute atomic E-state index is 0.440. The van der Waals surface area contributed by atoms with Gasteiger partial charge in [-0.25, -0.2) is 9.97 Å². The summed E-state index contributed by atoms with van der Waals surface area (Å²) in [5.74, 6) is 1.90. The van der Waals surface area contributed by atoms with Gasteiger partial charge in [-0.1, -0.05) is 19.8 Å². The third-order valence-electron chi connectivity index (χ3n) is 3.92. The van der Waals surface area contributed by atoms with Gasteiger partial charge in [-0.2, -0.15) is 0 Å². The largest absolute Gasteiger partial charge is 0.370 e. The smallest absolute Gasteiger partial charge is 0.134 e. The first-order valence-electron chi connectivity index (χ1n) is 6.94. The van der Waals surface area contributed by atoms with Crippen LogP contribution in [0.1, 0.15) is 45.1 Å². The third kappa shape index (κ3) is 2.92. The summed E-state index contributed by atoms with van der Waals surface area (Å²) in [5, 5.41) is 6.77. The lowest BCUT2D eigenvalue weighted by Gasteiger charge is -2.24. The van der Waals surface area contributed by atoms with E-state index in [0.717, 1.165) is 30.3 Å². The van der Waals surface area contributed by atoms with Gasteiger partial charge in [-0.3, -0.25) is 0 Å². The van der Waals surface area contributed by atoms with Crippen LogP contribution in [0.15, 0.2) is 6.33 Å². The zero-order chi connectivity index (χ0) is 13.0. The Morgan fingerprint density at radius 1 is 1.17 bits per heavy atom. The molecular weight excluding hydrogens is 224 g/mol. The maximum absolute atomic E-state index is 4.35. The van der Waals surface area contributed by atoms with Crippen molar-refractivity contribution in [3.05, 3.63) is 11.9 Å². The number of nitrogens with one attached hydrogen (secondary N) is 2. The van der Waals surface area contributed by atoms with E-state index in [4.69, 9.17) is 0 Å². The van der Waals surface area contributed by atoms with E-state index in [1.54, 1.807) is 6.33 Å². The highest BCUT2D eigenvalue weighted by Gasteiger charge is 2.28. The fourth-order valence-corrected chi connectivity index (χ4v) is 2.68. The van der Waals surface area contributed by atoms with Crippen molar-refractivity contribution in [2.24, 2.45) is 5.41 Å². The Morgan fingerprint density at radius 2 is 1.78 bits per heavy atom. The highest BCUT2D eigenvalue weighted by Crippen LogP contribution is 2.37. The van der Waals surface area contributed by atoms with E-state index in [2.05, 4.69) is 41.4 Å². The summed E-state index contributed by atoms with van der Waals surface area (Å²) >= 11 is 0. The predicted molar refractivity (Wildman–Crippen MR) is 76.0 cm³/mol. The molecule has 0 unspecified atom stereocenters. The Morgan fingerprint density at radius 3 is 2.39 bits per heavy atom. The maximum atomic E-state index is 4.35. The third-order valence-corrected chi connectivity index (χ3v) is 3.92. The molecule has 100 valence electrons. The number of hydrogen-bond acceptors (Lipinski definition) is 4. The van der Waals surface area contributed by atoms with Gasteiger partial charge in [-0.05, 0) is 32.1 Å². The molecule has 0 bridgehead atoms. The molecule has 4 nitrogen and oxygen atoms in total. The summed E-state index contributed by atoms with van der Waals surface area (Å²) in [6.07, 6.45) is 7.01. The van der Waals surface area contributed by atoms with E-state index in [1.807, 2.05) is 0 Å². The Kier molecular flexibility index (Phi) is 4.04. The first-order valence-corrected chi connectivity index (χ1v) is 6.94. The van der Waals surface area contributed by atoms with E-state index in [1.165, 1.54) is 25.7 Å². The van der Waals surface area contributed by atoms with Gasteiger partial charge in [-0.15, -0.1) is 0 Å². The Labute approximate surface area is 110 Å². The van der Waals surface area contributed by atoms with Crippen LogP contribution in [-0.2, 0) is 0 Å². The SMILES string of the molecule is CCNc1ncnc(NCC2(C)CCCC2)c1C. The van der Waals surface area contributed by atoms with Gasteiger partial charge in [0, 0.05) is 18.7 Å². The average molecular weight is 248 g/mol. The highest BCUT2D eigenvalue weighted by atomic mass is 15.1. The molecule has 2 N–H and O–H groups in total. The van der Waals surface area contributed by atoms with Gasteiger partial charge in [0.25, 0.3) is 0 Å². The minimum atomic E-state index is 0.440. The second-order valence-corrected chi connectivity index (χ2v) is 5.60. The predicted octanol–water partition coefficient (Wildman–Crippen LogP) is 3.21. The topological polar surface area (TPSA) is 49.8 Å². The van der Waals surface area contributed by atoms with Crippen LogP contribution in [0.4, 0.5) is 11.6 Å². The maximum Gasteiger partial charge on any atom is 0.134 e. The number of rotatable bonds is 5. The number of aromatic nitrogens is 2. The summed E-state index contributed by atoms with van der Waals surface area (Å²) in [7, 11) is 0. The summed E-state index contributed by atoms with van der Waals surface area (Å²) in [5.41, 5.74) is 1.55. The molecule has 2 rings (SSSR count). The molecule has 0 aliphatic heterocycles. The van der Waals surface area contributed by atoms with E-state index in [0.29, 0.717) is 5.41 Å². The second-order valence-electron chi connectivity index (χ2n) is 5.60. The standard InChI is InChI=1S/C14H24N4/c1-4-15-12-11(2)13(18-10-17-12)16-9-14(3)7-5-6-8-14/h10H,4-9H2,1-3H3,(H2,15,16,17,18). The minimum Gasteiger partial charge on any atom is -0.370 e.